The number of ether oxygens (including phenoxy) is 3. The van der Waals surface area contributed by atoms with Gasteiger partial charge in [-0.3, -0.25) is 9.59 Å². The molecule has 0 aliphatic carbocycles. The lowest BCUT2D eigenvalue weighted by Crippen LogP contribution is -2.19. The molecular weight excluding hydrogens is 368 g/mol. The summed E-state index contributed by atoms with van der Waals surface area (Å²) >= 11 is 1.21. The van der Waals surface area contributed by atoms with Crippen LogP contribution in [0, 0.1) is 0 Å². The number of thioether (sulfide) groups is 1. The molecule has 2 amide bonds. The van der Waals surface area contributed by atoms with Gasteiger partial charge in [0.25, 0.3) is 0 Å². The molecule has 0 heterocycles. The first-order chi connectivity index (χ1) is 13.1. The van der Waals surface area contributed by atoms with E-state index in [1.807, 2.05) is 6.07 Å². The Morgan fingerprint density at radius 1 is 0.815 bits per heavy atom. The third kappa shape index (κ3) is 6.10. The van der Waals surface area contributed by atoms with Crippen molar-refractivity contribution in [1.82, 2.24) is 0 Å². The predicted octanol–water partition coefficient (Wildman–Crippen LogP) is 3.02. The van der Waals surface area contributed by atoms with E-state index < -0.39 is 0 Å². The molecule has 0 radical (unpaired) electrons. The van der Waals surface area contributed by atoms with Gasteiger partial charge in [0.1, 0.15) is 17.2 Å². The summed E-state index contributed by atoms with van der Waals surface area (Å²) < 4.78 is 15.6. The number of hydrogen-bond acceptors (Lipinski definition) is 6. The Labute approximate surface area is 162 Å². The molecule has 0 fully saturated rings. The van der Waals surface area contributed by atoms with E-state index in [-0.39, 0.29) is 23.3 Å². The number of hydrogen-bond donors (Lipinski definition) is 2. The Morgan fingerprint density at radius 2 is 1.41 bits per heavy atom. The Morgan fingerprint density at radius 3 is 2.04 bits per heavy atom. The van der Waals surface area contributed by atoms with Crippen LogP contribution in [0.5, 0.6) is 17.2 Å². The lowest BCUT2D eigenvalue weighted by atomic mass is 10.2. The first kappa shape index (κ1) is 20.4. The first-order valence-corrected chi connectivity index (χ1v) is 9.25. The Hall–Kier alpha value is -2.87. The van der Waals surface area contributed by atoms with Crippen LogP contribution in [0.15, 0.2) is 42.5 Å². The molecule has 8 heteroatoms. The van der Waals surface area contributed by atoms with Gasteiger partial charge in [0.15, 0.2) is 0 Å². The second-order valence-corrected chi connectivity index (χ2v) is 6.34. The third-order valence-electron chi connectivity index (χ3n) is 3.53. The van der Waals surface area contributed by atoms with E-state index in [0.29, 0.717) is 28.6 Å². The number of para-hydroxylation sites is 2. The van der Waals surface area contributed by atoms with Gasteiger partial charge in [0, 0.05) is 6.07 Å². The summed E-state index contributed by atoms with van der Waals surface area (Å²) in [6, 6.07) is 12.3. The SMILES string of the molecule is COc1ccc(OC)c(NC(=O)CSCC(=O)Nc2ccccc2OC)c1. The van der Waals surface area contributed by atoms with E-state index in [2.05, 4.69) is 10.6 Å². The van der Waals surface area contributed by atoms with Gasteiger partial charge < -0.3 is 24.8 Å². The second-order valence-electron chi connectivity index (χ2n) is 5.36. The van der Waals surface area contributed by atoms with Crippen molar-refractivity contribution >= 4 is 35.0 Å². The molecule has 27 heavy (non-hydrogen) atoms. The van der Waals surface area contributed by atoms with Crippen LogP contribution in [-0.2, 0) is 9.59 Å². The standard InChI is InChI=1S/C19H22N2O5S/c1-24-13-8-9-17(26-3)15(10-13)21-19(23)12-27-11-18(22)20-14-6-4-5-7-16(14)25-2/h4-10H,11-12H2,1-3H3,(H,20,22)(H,21,23). The highest BCUT2D eigenvalue weighted by Crippen LogP contribution is 2.29. The summed E-state index contributed by atoms with van der Waals surface area (Å²) in [7, 11) is 4.61. The Kier molecular flexibility index (Phi) is 7.81. The van der Waals surface area contributed by atoms with Crippen LogP contribution in [0.25, 0.3) is 0 Å². The normalized spacial score (nSPS) is 10.0. The molecule has 0 aliphatic heterocycles. The maximum atomic E-state index is 12.1. The fourth-order valence-corrected chi connectivity index (χ4v) is 2.89. The Balaban J connectivity index is 1.83. The van der Waals surface area contributed by atoms with E-state index in [4.69, 9.17) is 14.2 Å². The first-order valence-electron chi connectivity index (χ1n) is 8.10. The minimum Gasteiger partial charge on any atom is -0.497 e. The van der Waals surface area contributed by atoms with Crippen molar-refractivity contribution in [2.24, 2.45) is 0 Å². The summed E-state index contributed by atoms with van der Waals surface area (Å²) in [4.78, 5) is 24.2. The average molecular weight is 390 g/mol. The number of rotatable bonds is 9. The molecular formula is C19H22N2O5S. The quantitative estimate of drug-likeness (QED) is 0.685. The van der Waals surface area contributed by atoms with Gasteiger partial charge >= 0.3 is 0 Å². The number of carbonyl (C=O) groups is 2. The molecule has 0 aromatic heterocycles. The highest BCUT2D eigenvalue weighted by molar-refractivity contribution is 8.00. The number of benzene rings is 2. The minimum absolute atomic E-state index is 0.125. The molecule has 2 rings (SSSR count). The smallest absolute Gasteiger partial charge is 0.234 e. The molecule has 2 aromatic carbocycles. The molecule has 144 valence electrons. The van der Waals surface area contributed by atoms with E-state index >= 15 is 0 Å². The lowest BCUT2D eigenvalue weighted by molar-refractivity contribution is -0.114. The van der Waals surface area contributed by atoms with Gasteiger partial charge in [-0.05, 0) is 24.3 Å². The molecule has 0 saturated carbocycles. The second kappa shape index (κ2) is 10.3. The van der Waals surface area contributed by atoms with Crippen LogP contribution in [0.2, 0.25) is 0 Å². The van der Waals surface area contributed by atoms with Crippen molar-refractivity contribution in [3.05, 3.63) is 42.5 Å². The van der Waals surface area contributed by atoms with E-state index in [1.54, 1.807) is 43.5 Å². The molecule has 2 aromatic rings. The summed E-state index contributed by atoms with van der Waals surface area (Å²) in [6.07, 6.45) is 0. The minimum atomic E-state index is -0.239. The van der Waals surface area contributed by atoms with Crippen LogP contribution < -0.4 is 24.8 Å². The summed E-state index contributed by atoms with van der Waals surface area (Å²) in [5, 5.41) is 5.53. The number of anilines is 2. The maximum absolute atomic E-state index is 12.1. The van der Waals surface area contributed by atoms with Crippen molar-refractivity contribution in [2.45, 2.75) is 0 Å². The van der Waals surface area contributed by atoms with Crippen molar-refractivity contribution in [2.75, 3.05) is 43.5 Å². The van der Waals surface area contributed by atoms with Crippen LogP contribution in [0.4, 0.5) is 11.4 Å². The van der Waals surface area contributed by atoms with Gasteiger partial charge in [-0.25, -0.2) is 0 Å². The molecule has 0 saturated heterocycles. The van der Waals surface area contributed by atoms with Gasteiger partial charge in [-0.15, -0.1) is 11.8 Å². The van der Waals surface area contributed by atoms with Crippen LogP contribution >= 0.6 is 11.8 Å². The third-order valence-corrected chi connectivity index (χ3v) is 4.46. The van der Waals surface area contributed by atoms with Crippen LogP contribution in [0.1, 0.15) is 0 Å². The zero-order chi connectivity index (χ0) is 19.6. The summed E-state index contributed by atoms with van der Waals surface area (Å²) in [6.45, 7) is 0. The summed E-state index contributed by atoms with van der Waals surface area (Å²) in [5.74, 6) is 1.53. The molecule has 0 aliphatic rings. The van der Waals surface area contributed by atoms with Crippen molar-refractivity contribution < 1.29 is 23.8 Å². The highest BCUT2D eigenvalue weighted by atomic mass is 32.2. The zero-order valence-corrected chi connectivity index (χ0v) is 16.2. The molecule has 2 N–H and O–H groups in total. The van der Waals surface area contributed by atoms with Gasteiger partial charge in [-0.1, -0.05) is 12.1 Å². The molecule has 7 nitrogen and oxygen atoms in total. The topological polar surface area (TPSA) is 85.9 Å². The Bertz CT molecular complexity index is 797. The number of amides is 2. The van der Waals surface area contributed by atoms with Crippen molar-refractivity contribution in [3.8, 4) is 17.2 Å². The van der Waals surface area contributed by atoms with Gasteiger partial charge in [-0.2, -0.15) is 0 Å². The molecule has 0 atom stereocenters. The molecule has 0 bridgehead atoms. The maximum Gasteiger partial charge on any atom is 0.234 e. The monoisotopic (exact) mass is 390 g/mol. The average Bonchev–Trinajstić information content (AvgIpc) is 2.68. The fourth-order valence-electron chi connectivity index (χ4n) is 2.27. The van der Waals surface area contributed by atoms with Gasteiger partial charge in [0.2, 0.25) is 11.8 Å². The zero-order valence-electron chi connectivity index (χ0n) is 15.4. The lowest BCUT2D eigenvalue weighted by Gasteiger charge is -2.12. The van der Waals surface area contributed by atoms with Gasteiger partial charge in [0.05, 0.1) is 44.2 Å². The van der Waals surface area contributed by atoms with Crippen molar-refractivity contribution in [3.63, 3.8) is 0 Å². The number of methoxy groups -OCH3 is 3. The predicted molar refractivity (Wildman–Crippen MR) is 107 cm³/mol. The van der Waals surface area contributed by atoms with Crippen LogP contribution in [0.3, 0.4) is 0 Å². The number of nitrogens with one attached hydrogen (secondary N) is 2. The molecule has 0 spiro atoms. The highest BCUT2D eigenvalue weighted by Gasteiger charge is 2.11. The van der Waals surface area contributed by atoms with E-state index in [9.17, 15) is 9.59 Å². The largest absolute Gasteiger partial charge is 0.497 e. The molecule has 0 unspecified atom stereocenters. The fraction of sp³-hybridized carbons (Fsp3) is 0.263. The van der Waals surface area contributed by atoms with Crippen LogP contribution in [-0.4, -0.2) is 44.6 Å². The van der Waals surface area contributed by atoms with E-state index in [0.717, 1.165) is 0 Å². The number of carbonyl (C=O) groups excluding carboxylic acids is 2. The summed E-state index contributed by atoms with van der Waals surface area (Å²) in [5.41, 5.74) is 1.11. The van der Waals surface area contributed by atoms with Crippen molar-refractivity contribution in [1.29, 1.82) is 0 Å². The van der Waals surface area contributed by atoms with E-state index in [1.165, 1.54) is 26.0 Å².